The van der Waals surface area contributed by atoms with Gasteiger partial charge in [-0.2, -0.15) is 0 Å². The molecule has 0 fully saturated rings. The van der Waals surface area contributed by atoms with Gasteiger partial charge in [-0.3, -0.25) is 4.98 Å². The molecule has 50 valence electrons. The van der Waals surface area contributed by atoms with Crippen molar-refractivity contribution in [1.82, 2.24) is 9.97 Å². The molecular weight excluding hydrogens is 128 g/mol. The molecule has 3 heteroatoms. The van der Waals surface area contributed by atoms with Gasteiger partial charge in [-0.25, -0.2) is 4.98 Å². The number of hydrogen-bond acceptors (Lipinski definition) is 3. The minimum absolute atomic E-state index is 0.683. The Balaban J connectivity index is 2.88. The standard InChI is InChI=1S/C7H6N2O/c1-5-9-6-4-8-3-2-7(6)10-5/h2-4H,1H3. The van der Waals surface area contributed by atoms with Gasteiger partial charge < -0.3 is 4.42 Å². The minimum atomic E-state index is 0.683. The van der Waals surface area contributed by atoms with E-state index in [0.29, 0.717) is 5.89 Å². The van der Waals surface area contributed by atoms with E-state index >= 15 is 0 Å². The second-order valence-electron chi connectivity index (χ2n) is 2.08. The summed E-state index contributed by atoms with van der Waals surface area (Å²) in [5.74, 6) is 0.683. The molecule has 0 bridgehead atoms. The van der Waals surface area contributed by atoms with E-state index in [1.165, 1.54) is 0 Å². The number of rotatable bonds is 0. The zero-order valence-corrected chi connectivity index (χ0v) is 5.53. The van der Waals surface area contributed by atoms with Crippen LogP contribution in [0.3, 0.4) is 0 Å². The molecular formula is C7H6N2O. The quantitative estimate of drug-likeness (QED) is 0.548. The van der Waals surface area contributed by atoms with Crippen LogP contribution < -0.4 is 0 Å². The molecule has 0 unspecified atom stereocenters. The zero-order valence-electron chi connectivity index (χ0n) is 5.53. The lowest BCUT2D eigenvalue weighted by Crippen LogP contribution is -1.69. The lowest BCUT2D eigenvalue weighted by atomic mass is 10.4. The summed E-state index contributed by atoms with van der Waals surface area (Å²) in [6.45, 7) is 1.82. The zero-order chi connectivity index (χ0) is 6.97. The van der Waals surface area contributed by atoms with Gasteiger partial charge in [0.2, 0.25) is 0 Å². The Labute approximate surface area is 57.7 Å². The molecule has 0 aliphatic carbocycles. The third-order valence-electron chi connectivity index (χ3n) is 1.30. The van der Waals surface area contributed by atoms with Crippen LogP contribution >= 0.6 is 0 Å². The van der Waals surface area contributed by atoms with Crippen molar-refractivity contribution in [2.24, 2.45) is 0 Å². The van der Waals surface area contributed by atoms with Gasteiger partial charge in [-0.05, 0) is 0 Å². The van der Waals surface area contributed by atoms with Crippen LogP contribution in [-0.2, 0) is 0 Å². The van der Waals surface area contributed by atoms with E-state index in [0.717, 1.165) is 11.1 Å². The van der Waals surface area contributed by atoms with Crippen molar-refractivity contribution in [1.29, 1.82) is 0 Å². The van der Waals surface area contributed by atoms with Gasteiger partial charge in [0.25, 0.3) is 0 Å². The second kappa shape index (κ2) is 1.80. The van der Waals surface area contributed by atoms with Gasteiger partial charge >= 0.3 is 0 Å². The highest BCUT2D eigenvalue weighted by atomic mass is 16.3. The summed E-state index contributed by atoms with van der Waals surface area (Å²) in [5.41, 5.74) is 1.62. The first kappa shape index (κ1) is 5.41. The van der Waals surface area contributed by atoms with Crippen molar-refractivity contribution in [2.45, 2.75) is 6.92 Å². The summed E-state index contributed by atoms with van der Waals surface area (Å²) in [4.78, 5) is 7.99. The highest BCUT2D eigenvalue weighted by Crippen LogP contribution is 2.11. The van der Waals surface area contributed by atoms with Crippen LogP contribution in [0.25, 0.3) is 11.1 Å². The smallest absolute Gasteiger partial charge is 0.192 e. The lowest BCUT2D eigenvalue weighted by Gasteiger charge is -1.79. The Morgan fingerprint density at radius 2 is 2.40 bits per heavy atom. The van der Waals surface area contributed by atoms with Crippen molar-refractivity contribution in [2.75, 3.05) is 0 Å². The normalized spacial score (nSPS) is 10.5. The van der Waals surface area contributed by atoms with E-state index in [-0.39, 0.29) is 0 Å². The summed E-state index contributed by atoms with van der Waals surface area (Å²) >= 11 is 0. The molecule has 3 nitrogen and oxygen atoms in total. The fourth-order valence-corrected chi connectivity index (χ4v) is 0.895. The van der Waals surface area contributed by atoms with Gasteiger partial charge in [-0.15, -0.1) is 0 Å². The Bertz CT molecular complexity index is 320. The molecule has 0 spiro atoms. The van der Waals surface area contributed by atoms with Crippen LogP contribution in [0.15, 0.2) is 22.9 Å². The van der Waals surface area contributed by atoms with E-state index in [1.807, 2.05) is 6.92 Å². The molecule has 0 saturated carbocycles. The molecule has 2 aromatic heterocycles. The molecule has 2 aromatic rings. The molecule has 2 rings (SSSR count). The Morgan fingerprint density at radius 1 is 1.50 bits per heavy atom. The van der Waals surface area contributed by atoms with Crippen molar-refractivity contribution in [3.8, 4) is 0 Å². The largest absolute Gasteiger partial charge is 0.441 e. The summed E-state index contributed by atoms with van der Waals surface area (Å²) in [7, 11) is 0. The Hall–Kier alpha value is -1.38. The molecule has 0 amide bonds. The number of nitrogens with zero attached hydrogens (tertiary/aromatic N) is 2. The first-order valence-electron chi connectivity index (χ1n) is 3.03. The van der Waals surface area contributed by atoms with Crippen molar-refractivity contribution >= 4 is 11.1 Å². The maximum Gasteiger partial charge on any atom is 0.192 e. The van der Waals surface area contributed by atoms with E-state index in [9.17, 15) is 0 Å². The second-order valence-corrected chi connectivity index (χ2v) is 2.08. The fraction of sp³-hybridized carbons (Fsp3) is 0.143. The van der Waals surface area contributed by atoms with Gasteiger partial charge in [0, 0.05) is 19.2 Å². The third kappa shape index (κ3) is 0.673. The number of aromatic nitrogens is 2. The van der Waals surface area contributed by atoms with Crippen molar-refractivity contribution in [3.05, 3.63) is 24.4 Å². The highest BCUT2D eigenvalue weighted by Gasteiger charge is 1.98. The molecule has 10 heavy (non-hydrogen) atoms. The van der Waals surface area contributed by atoms with E-state index in [1.54, 1.807) is 18.5 Å². The van der Waals surface area contributed by atoms with Crippen LogP contribution in [0.1, 0.15) is 5.89 Å². The Morgan fingerprint density at radius 3 is 3.20 bits per heavy atom. The van der Waals surface area contributed by atoms with E-state index < -0.39 is 0 Å². The Kier molecular flexibility index (Phi) is 0.974. The topological polar surface area (TPSA) is 38.9 Å². The van der Waals surface area contributed by atoms with Crippen molar-refractivity contribution < 1.29 is 4.42 Å². The van der Waals surface area contributed by atoms with E-state index in [2.05, 4.69) is 9.97 Å². The predicted molar refractivity (Wildman–Crippen MR) is 36.5 cm³/mol. The van der Waals surface area contributed by atoms with Gasteiger partial charge in [0.15, 0.2) is 11.5 Å². The van der Waals surface area contributed by atoms with Gasteiger partial charge in [0.1, 0.15) is 5.52 Å². The fourth-order valence-electron chi connectivity index (χ4n) is 0.895. The SMILES string of the molecule is Cc1nc2cnccc2o1. The van der Waals surface area contributed by atoms with Gasteiger partial charge in [0.05, 0.1) is 6.20 Å². The summed E-state index contributed by atoms with van der Waals surface area (Å²) in [6, 6.07) is 1.80. The molecule has 0 aliphatic heterocycles. The highest BCUT2D eigenvalue weighted by molar-refractivity contribution is 5.70. The minimum Gasteiger partial charge on any atom is -0.441 e. The number of fused-ring (bicyclic) bond motifs is 1. The summed E-state index contributed by atoms with van der Waals surface area (Å²) < 4.78 is 5.22. The molecule has 2 heterocycles. The van der Waals surface area contributed by atoms with Crippen LogP contribution in [0.5, 0.6) is 0 Å². The maximum absolute atomic E-state index is 5.22. The predicted octanol–water partition coefficient (Wildman–Crippen LogP) is 1.53. The first-order valence-corrected chi connectivity index (χ1v) is 3.03. The third-order valence-corrected chi connectivity index (χ3v) is 1.30. The summed E-state index contributed by atoms with van der Waals surface area (Å²) in [6.07, 6.45) is 3.37. The van der Waals surface area contributed by atoms with Crippen LogP contribution in [0.4, 0.5) is 0 Å². The monoisotopic (exact) mass is 134 g/mol. The molecule has 0 atom stereocenters. The first-order chi connectivity index (χ1) is 4.86. The van der Waals surface area contributed by atoms with Crippen LogP contribution in [0.2, 0.25) is 0 Å². The molecule has 0 N–H and O–H groups in total. The average molecular weight is 134 g/mol. The number of hydrogen-bond donors (Lipinski definition) is 0. The lowest BCUT2D eigenvalue weighted by molar-refractivity contribution is 0.561. The van der Waals surface area contributed by atoms with Crippen LogP contribution in [-0.4, -0.2) is 9.97 Å². The molecule has 0 saturated heterocycles. The van der Waals surface area contributed by atoms with Crippen LogP contribution in [0, 0.1) is 6.92 Å². The maximum atomic E-state index is 5.22. The van der Waals surface area contributed by atoms with E-state index in [4.69, 9.17) is 4.42 Å². The molecule has 0 aliphatic rings. The average Bonchev–Trinajstić information content (AvgIpc) is 2.27. The van der Waals surface area contributed by atoms with Crippen molar-refractivity contribution in [3.63, 3.8) is 0 Å². The number of aryl methyl sites for hydroxylation is 1. The molecule has 0 aromatic carbocycles. The number of oxazole rings is 1. The summed E-state index contributed by atoms with van der Waals surface area (Å²) in [5, 5.41) is 0. The number of pyridine rings is 1. The molecule has 0 radical (unpaired) electrons. The van der Waals surface area contributed by atoms with Gasteiger partial charge in [-0.1, -0.05) is 0 Å².